The molecule has 0 spiro atoms. The number of thiophene rings is 1. The number of fused-ring (bicyclic) bond motifs is 3. The first-order valence-electron chi connectivity index (χ1n) is 7.95. The lowest BCUT2D eigenvalue weighted by atomic mass is 10.0. The van der Waals surface area contributed by atoms with Crippen LogP contribution in [0.5, 0.6) is 0 Å². The molecule has 4 rings (SSSR count). The molecule has 0 aliphatic carbocycles. The number of rotatable bonds is 4. The van der Waals surface area contributed by atoms with E-state index < -0.39 is 0 Å². The van der Waals surface area contributed by atoms with E-state index in [-0.39, 0.29) is 12.6 Å². The maximum Gasteiger partial charge on any atom is 0.331 e. The van der Waals surface area contributed by atoms with Gasteiger partial charge < -0.3 is 4.74 Å². The van der Waals surface area contributed by atoms with Crippen LogP contribution in [0.25, 0.3) is 27.8 Å². The van der Waals surface area contributed by atoms with Crippen molar-refractivity contribution in [3.05, 3.63) is 82.7 Å². The molecule has 0 aliphatic heterocycles. The summed E-state index contributed by atoms with van der Waals surface area (Å²) in [5.74, 6) is -0.370. The van der Waals surface area contributed by atoms with Crippen molar-refractivity contribution in [3.63, 3.8) is 0 Å². The summed E-state index contributed by atoms with van der Waals surface area (Å²) in [5.41, 5.74) is 2.67. The average Bonchev–Trinajstić information content (AvgIpc) is 3.18. The van der Waals surface area contributed by atoms with E-state index >= 15 is 0 Å². The largest absolute Gasteiger partial charge is 0.456 e. The number of pyridine rings is 1. The summed E-state index contributed by atoms with van der Waals surface area (Å²) in [6, 6.07) is 18.0. The third kappa shape index (κ3) is 3.30. The number of hydrogen-bond acceptors (Lipinski definition) is 4. The van der Waals surface area contributed by atoms with Gasteiger partial charge in [-0.2, -0.15) is 11.3 Å². The quantitative estimate of drug-likeness (QED) is 0.290. The number of benzene rings is 2. The molecule has 25 heavy (non-hydrogen) atoms. The highest BCUT2D eigenvalue weighted by atomic mass is 32.1. The number of ether oxygens (including phenoxy) is 1. The van der Waals surface area contributed by atoms with Crippen LogP contribution < -0.4 is 0 Å². The van der Waals surface area contributed by atoms with Crippen LogP contribution in [-0.4, -0.2) is 11.0 Å². The zero-order valence-electron chi connectivity index (χ0n) is 13.4. The minimum Gasteiger partial charge on any atom is -0.456 e. The van der Waals surface area contributed by atoms with Gasteiger partial charge in [-0.25, -0.2) is 9.78 Å². The van der Waals surface area contributed by atoms with E-state index in [1.54, 1.807) is 17.4 Å². The molecule has 0 atom stereocenters. The maximum atomic E-state index is 12.0. The zero-order chi connectivity index (χ0) is 17.1. The Balaban J connectivity index is 1.61. The minimum atomic E-state index is -0.370. The van der Waals surface area contributed by atoms with E-state index in [1.807, 2.05) is 53.2 Å². The molecule has 0 bridgehead atoms. The van der Waals surface area contributed by atoms with Crippen LogP contribution in [-0.2, 0) is 16.1 Å². The topological polar surface area (TPSA) is 39.2 Å². The third-order valence-corrected chi connectivity index (χ3v) is 4.70. The van der Waals surface area contributed by atoms with Gasteiger partial charge in [0.25, 0.3) is 0 Å². The molecular weight excluding hydrogens is 330 g/mol. The molecule has 0 saturated carbocycles. The lowest BCUT2D eigenvalue weighted by molar-refractivity contribution is -0.138. The van der Waals surface area contributed by atoms with E-state index in [0.717, 1.165) is 32.9 Å². The van der Waals surface area contributed by atoms with Crippen LogP contribution in [0.2, 0.25) is 0 Å². The fraction of sp³-hybridized carbons (Fsp3) is 0.0476. The van der Waals surface area contributed by atoms with Crippen molar-refractivity contribution >= 4 is 45.1 Å². The molecule has 2 aromatic heterocycles. The Labute approximate surface area is 149 Å². The zero-order valence-corrected chi connectivity index (χ0v) is 14.2. The molecule has 0 radical (unpaired) electrons. The Morgan fingerprint density at radius 3 is 2.56 bits per heavy atom. The van der Waals surface area contributed by atoms with Gasteiger partial charge in [0.2, 0.25) is 0 Å². The monoisotopic (exact) mass is 345 g/mol. The van der Waals surface area contributed by atoms with Crippen LogP contribution >= 0.6 is 11.3 Å². The number of aromatic nitrogens is 1. The number of para-hydroxylation sites is 1. The molecule has 3 nitrogen and oxygen atoms in total. The first kappa shape index (κ1) is 15.5. The van der Waals surface area contributed by atoms with Gasteiger partial charge in [-0.05, 0) is 39.9 Å². The van der Waals surface area contributed by atoms with Crippen molar-refractivity contribution in [2.24, 2.45) is 0 Å². The van der Waals surface area contributed by atoms with Crippen molar-refractivity contribution < 1.29 is 9.53 Å². The lowest BCUT2D eigenvalue weighted by Gasteiger charge is -2.09. The van der Waals surface area contributed by atoms with E-state index in [1.165, 1.54) is 6.08 Å². The fourth-order valence-electron chi connectivity index (χ4n) is 2.81. The lowest BCUT2D eigenvalue weighted by Crippen LogP contribution is -2.03. The van der Waals surface area contributed by atoms with Crippen molar-refractivity contribution in [3.8, 4) is 0 Å². The van der Waals surface area contributed by atoms with Gasteiger partial charge in [-0.1, -0.05) is 42.5 Å². The number of esters is 1. The van der Waals surface area contributed by atoms with Crippen LogP contribution in [0.3, 0.4) is 0 Å². The van der Waals surface area contributed by atoms with Gasteiger partial charge in [-0.3, -0.25) is 0 Å². The number of carbonyl (C=O) groups is 1. The Hall–Kier alpha value is -2.98. The van der Waals surface area contributed by atoms with Crippen LogP contribution in [0, 0.1) is 0 Å². The van der Waals surface area contributed by atoms with Gasteiger partial charge >= 0.3 is 5.97 Å². The summed E-state index contributed by atoms with van der Waals surface area (Å²) < 4.78 is 5.40. The van der Waals surface area contributed by atoms with E-state index in [4.69, 9.17) is 4.74 Å². The molecule has 0 unspecified atom stereocenters. The second-order valence-corrected chi connectivity index (χ2v) is 6.40. The molecule has 0 N–H and O–H groups in total. The Kier molecular flexibility index (Phi) is 4.27. The summed E-state index contributed by atoms with van der Waals surface area (Å²) >= 11 is 1.59. The maximum absolute atomic E-state index is 12.0. The summed E-state index contributed by atoms with van der Waals surface area (Å²) in [5, 5.41) is 7.17. The highest BCUT2D eigenvalue weighted by Gasteiger charge is 2.09. The molecule has 122 valence electrons. The number of nitrogens with zero attached hydrogens (tertiary/aromatic N) is 1. The van der Waals surface area contributed by atoms with Crippen molar-refractivity contribution in [2.45, 2.75) is 6.61 Å². The molecular formula is C21H15NO2S. The van der Waals surface area contributed by atoms with E-state index in [9.17, 15) is 4.79 Å². The standard InChI is InChI=1S/C21H15NO2S/c23-21(10-9-15-11-12-25-14-15)24-13-20-18-7-2-1-5-16(18)17-6-3-4-8-19(17)22-20/h1-12,14H,13H2/b10-9+. The summed E-state index contributed by atoms with van der Waals surface area (Å²) in [7, 11) is 0. The normalized spacial score (nSPS) is 11.4. The molecule has 0 saturated heterocycles. The Bertz CT molecular complexity index is 1070. The SMILES string of the molecule is O=C(/C=C/c1ccsc1)OCc1nc2ccccc2c2ccccc12. The first-order valence-corrected chi connectivity index (χ1v) is 8.89. The molecule has 4 aromatic rings. The highest BCUT2D eigenvalue weighted by Crippen LogP contribution is 2.26. The molecule has 0 fully saturated rings. The summed E-state index contributed by atoms with van der Waals surface area (Å²) in [6.07, 6.45) is 3.20. The summed E-state index contributed by atoms with van der Waals surface area (Å²) in [6.45, 7) is 0.151. The van der Waals surface area contributed by atoms with Crippen LogP contribution in [0.4, 0.5) is 0 Å². The van der Waals surface area contributed by atoms with Gasteiger partial charge in [0.05, 0.1) is 11.2 Å². The van der Waals surface area contributed by atoms with Crippen molar-refractivity contribution in [1.82, 2.24) is 4.98 Å². The first-order chi connectivity index (χ1) is 12.3. The Morgan fingerprint density at radius 1 is 1.00 bits per heavy atom. The number of carbonyl (C=O) groups excluding carboxylic acids is 1. The second-order valence-electron chi connectivity index (χ2n) is 5.62. The van der Waals surface area contributed by atoms with Crippen molar-refractivity contribution in [2.75, 3.05) is 0 Å². The Morgan fingerprint density at radius 2 is 1.76 bits per heavy atom. The predicted molar refractivity (Wildman–Crippen MR) is 102 cm³/mol. The van der Waals surface area contributed by atoms with Crippen LogP contribution in [0.1, 0.15) is 11.3 Å². The summed E-state index contributed by atoms with van der Waals surface area (Å²) in [4.78, 5) is 16.7. The van der Waals surface area contributed by atoms with Crippen molar-refractivity contribution in [1.29, 1.82) is 0 Å². The highest BCUT2D eigenvalue weighted by molar-refractivity contribution is 7.08. The van der Waals surface area contributed by atoms with Gasteiger partial charge in [-0.15, -0.1) is 0 Å². The smallest absolute Gasteiger partial charge is 0.331 e. The second kappa shape index (κ2) is 6.87. The van der Waals surface area contributed by atoms with Gasteiger partial charge in [0.1, 0.15) is 6.61 Å². The predicted octanol–water partition coefficient (Wildman–Crippen LogP) is 5.21. The molecule has 2 heterocycles. The molecule has 0 amide bonds. The number of hydrogen-bond donors (Lipinski definition) is 0. The molecule has 4 heteroatoms. The molecule has 0 aliphatic rings. The average molecular weight is 345 g/mol. The molecule has 2 aromatic carbocycles. The van der Waals surface area contributed by atoms with E-state index in [2.05, 4.69) is 17.1 Å². The third-order valence-electron chi connectivity index (χ3n) is 3.99. The van der Waals surface area contributed by atoms with Gasteiger partial charge in [0, 0.05) is 16.8 Å². The van der Waals surface area contributed by atoms with Crippen LogP contribution in [0.15, 0.2) is 71.4 Å². The van der Waals surface area contributed by atoms with Gasteiger partial charge in [0.15, 0.2) is 0 Å². The fourth-order valence-corrected chi connectivity index (χ4v) is 3.43. The minimum absolute atomic E-state index is 0.151. The van der Waals surface area contributed by atoms with E-state index in [0.29, 0.717) is 0 Å².